The number of aliphatic hydroxyl groups is 1. The standard InChI is InChI=1S/C66H117N2O6P/c1-6-8-10-12-14-16-18-20-22-24-26-28-30-31-32-33-34-35-36-38-39-41-43-45-47-49-51-53-55-57-59-65(69)64(63-74-75(71,72)73-62-61-68(3,4)5)67-66(70)60-58-56-54-52-50-48-46-44-42-40-37-29-27-25-23-21-19-17-15-13-11-9-7-2/h9,11,15,17,21,23,27,29,40,42,46,48-49,51-52,54,57,59,64-65,69H,6-8,10,12-14,16,18-20,22,24-26,28,30-39,41,43-45,47,50,53,55-56,58,60-63H2,1-5H3,(H-,67,70,71,72)/b11-9-,17-15-,23-21-,29-27-,42-40-,48-46-,51-49+,54-52-,59-57+. The van der Waals surface area contributed by atoms with Crippen LogP contribution >= 0.6 is 7.82 Å². The number of nitrogens with zero attached hydrogens (tertiary/aromatic N) is 1. The molecule has 0 aromatic heterocycles. The zero-order valence-corrected chi connectivity index (χ0v) is 50.1. The average molecular weight is 1070 g/mol. The molecule has 2 N–H and O–H groups in total. The van der Waals surface area contributed by atoms with E-state index in [1.54, 1.807) is 6.08 Å². The molecule has 0 fully saturated rings. The fourth-order valence-electron chi connectivity index (χ4n) is 8.45. The lowest BCUT2D eigenvalue weighted by Gasteiger charge is -2.29. The number of rotatable bonds is 55. The minimum Gasteiger partial charge on any atom is -0.756 e. The lowest BCUT2D eigenvalue weighted by atomic mass is 10.0. The van der Waals surface area contributed by atoms with E-state index in [2.05, 4.69) is 116 Å². The minimum absolute atomic E-state index is 0.0233. The summed E-state index contributed by atoms with van der Waals surface area (Å²) in [4.78, 5) is 25.5. The topological polar surface area (TPSA) is 108 Å². The summed E-state index contributed by atoms with van der Waals surface area (Å²) in [5, 5.41) is 13.8. The van der Waals surface area contributed by atoms with Crippen molar-refractivity contribution in [2.45, 2.75) is 264 Å². The van der Waals surface area contributed by atoms with E-state index in [1.807, 2.05) is 27.2 Å². The molecule has 0 heterocycles. The highest BCUT2D eigenvalue weighted by Gasteiger charge is 2.23. The van der Waals surface area contributed by atoms with Crippen molar-refractivity contribution in [2.24, 2.45) is 0 Å². The van der Waals surface area contributed by atoms with E-state index in [4.69, 9.17) is 9.05 Å². The summed E-state index contributed by atoms with van der Waals surface area (Å²) >= 11 is 0. The zero-order valence-electron chi connectivity index (χ0n) is 49.2. The molecule has 0 aliphatic heterocycles. The molecular weight excluding hydrogens is 948 g/mol. The van der Waals surface area contributed by atoms with Crippen molar-refractivity contribution in [3.63, 3.8) is 0 Å². The predicted molar refractivity (Wildman–Crippen MR) is 325 cm³/mol. The van der Waals surface area contributed by atoms with Crippen LogP contribution in [0.4, 0.5) is 0 Å². The average Bonchev–Trinajstić information content (AvgIpc) is 3.37. The number of hydrogen-bond donors (Lipinski definition) is 2. The molecule has 0 spiro atoms. The van der Waals surface area contributed by atoms with Gasteiger partial charge in [-0.25, -0.2) is 0 Å². The summed E-state index contributed by atoms with van der Waals surface area (Å²) in [6.45, 7) is 4.48. The van der Waals surface area contributed by atoms with Crippen LogP contribution in [0.15, 0.2) is 109 Å². The van der Waals surface area contributed by atoms with E-state index in [-0.39, 0.29) is 18.9 Å². The third-order valence-electron chi connectivity index (χ3n) is 13.2. The Labute approximate surface area is 463 Å². The predicted octanol–water partition coefficient (Wildman–Crippen LogP) is 18.5. The number of hydrogen-bond acceptors (Lipinski definition) is 6. The number of carbonyl (C=O) groups excluding carboxylic acids is 1. The summed E-state index contributed by atoms with van der Waals surface area (Å²) in [5.41, 5.74) is 0. The molecular formula is C66H117N2O6P. The highest BCUT2D eigenvalue weighted by molar-refractivity contribution is 7.45. The van der Waals surface area contributed by atoms with Gasteiger partial charge in [0.15, 0.2) is 0 Å². The second-order valence-electron chi connectivity index (χ2n) is 21.7. The van der Waals surface area contributed by atoms with Crippen molar-refractivity contribution in [3.05, 3.63) is 109 Å². The van der Waals surface area contributed by atoms with Crippen LogP contribution in [0.5, 0.6) is 0 Å². The first-order valence-corrected chi connectivity index (χ1v) is 32.2. The third kappa shape index (κ3) is 58.7. The maximum atomic E-state index is 12.9. The molecule has 0 bridgehead atoms. The normalized spacial score (nSPS) is 14.6. The number of phosphoric acid groups is 1. The number of quaternary nitrogens is 1. The maximum absolute atomic E-state index is 12.9. The van der Waals surface area contributed by atoms with Crippen molar-refractivity contribution >= 4 is 13.7 Å². The molecule has 75 heavy (non-hydrogen) atoms. The first kappa shape index (κ1) is 72.2. The van der Waals surface area contributed by atoms with Gasteiger partial charge in [-0.1, -0.05) is 271 Å². The highest BCUT2D eigenvalue weighted by atomic mass is 31.2. The van der Waals surface area contributed by atoms with Crippen molar-refractivity contribution in [1.29, 1.82) is 0 Å². The first-order chi connectivity index (χ1) is 36.5. The minimum atomic E-state index is -4.63. The fraction of sp³-hybridized carbons (Fsp3) is 0.712. The molecule has 0 saturated carbocycles. The summed E-state index contributed by atoms with van der Waals surface area (Å²) in [7, 11) is 1.19. The summed E-state index contributed by atoms with van der Waals surface area (Å²) in [6.07, 6.45) is 82.0. The van der Waals surface area contributed by atoms with Crippen molar-refractivity contribution < 1.29 is 32.9 Å². The quantitative estimate of drug-likeness (QED) is 0.0272. The molecule has 432 valence electrons. The molecule has 0 aromatic rings. The monoisotopic (exact) mass is 1060 g/mol. The van der Waals surface area contributed by atoms with Crippen LogP contribution in [0.2, 0.25) is 0 Å². The Kier molecular flexibility index (Phi) is 53.8. The largest absolute Gasteiger partial charge is 0.756 e. The molecule has 0 aliphatic rings. The molecule has 1 amide bonds. The molecule has 0 radical (unpaired) electrons. The van der Waals surface area contributed by atoms with E-state index in [0.717, 1.165) is 70.6 Å². The van der Waals surface area contributed by atoms with Crippen LogP contribution in [0, 0.1) is 0 Å². The van der Waals surface area contributed by atoms with Gasteiger partial charge in [0.25, 0.3) is 7.82 Å². The molecule has 0 aromatic carbocycles. The second-order valence-corrected chi connectivity index (χ2v) is 23.1. The Morgan fingerprint density at radius 2 is 0.827 bits per heavy atom. The Bertz CT molecular complexity index is 1590. The van der Waals surface area contributed by atoms with E-state index >= 15 is 0 Å². The lowest BCUT2D eigenvalue weighted by Crippen LogP contribution is -2.45. The van der Waals surface area contributed by atoms with Crippen molar-refractivity contribution in [1.82, 2.24) is 5.32 Å². The summed E-state index contributed by atoms with van der Waals surface area (Å²) in [6, 6.07) is -0.944. The molecule has 9 heteroatoms. The number of nitrogens with one attached hydrogen (secondary N) is 1. The molecule has 3 atom stereocenters. The van der Waals surface area contributed by atoms with Crippen LogP contribution in [0.25, 0.3) is 0 Å². The summed E-state index contributed by atoms with van der Waals surface area (Å²) in [5.74, 6) is -0.267. The molecule has 0 saturated heterocycles. The van der Waals surface area contributed by atoms with Crippen LogP contribution < -0.4 is 10.2 Å². The van der Waals surface area contributed by atoms with E-state index in [9.17, 15) is 19.4 Å². The van der Waals surface area contributed by atoms with Gasteiger partial charge in [0.1, 0.15) is 13.2 Å². The van der Waals surface area contributed by atoms with Gasteiger partial charge in [-0.15, -0.1) is 0 Å². The number of likely N-dealkylation sites (N-methyl/N-ethyl adjacent to an activating group) is 1. The molecule has 8 nitrogen and oxygen atoms in total. The van der Waals surface area contributed by atoms with Gasteiger partial charge in [-0.3, -0.25) is 9.36 Å². The number of aliphatic hydroxyl groups excluding tert-OH is 1. The summed E-state index contributed by atoms with van der Waals surface area (Å²) < 4.78 is 23.3. The van der Waals surface area contributed by atoms with Crippen LogP contribution in [-0.2, 0) is 18.4 Å². The van der Waals surface area contributed by atoms with E-state index in [1.165, 1.54) is 154 Å². The second kappa shape index (κ2) is 55.9. The van der Waals surface area contributed by atoms with Crippen LogP contribution in [0.1, 0.15) is 251 Å². The lowest BCUT2D eigenvalue weighted by molar-refractivity contribution is -0.870. The van der Waals surface area contributed by atoms with Gasteiger partial charge >= 0.3 is 0 Å². The van der Waals surface area contributed by atoms with Gasteiger partial charge in [0, 0.05) is 6.42 Å². The number of allylic oxidation sites excluding steroid dienone is 17. The Hall–Kier alpha value is -2.84. The van der Waals surface area contributed by atoms with Crippen LogP contribution in [0.3, 0.4) is 0 Å². The van der Waals surface area contributed by atoms with Crippen molar-refractivity contribution in [3.8, 4) is 0 Å². The highest BCUT2D eigenvalue weighted by Crippen LogP contribution is 2.38. The van der Waals surface area contributed by atoms with Gasteiger partial charge < -0.3 is 28.8 Å². The Balaban J connectivity index is 4.30. The SMILES string of the molecule is CC/C=C\C/C=C\C/C=C\C/C=C\C/C=C\C/C=C\C/C=C\CCCC(=O)NC(COP(=O)([O-])OCC[N+](C)(C)C)C(O)/C=C/CC/C=C/CCCCCCCCCCCCCCCCCCCCCCCCCC. The number of unbranched alkanes of at least 4 members (excludes halogenated alkanes) is 26. The number of phosphoric ester groups is 1. The van der Waals surface area contributed by atoms with E-state index < -0.39 is 26.6 Å². The molecule has 0 rings (SSSR count). The molecule has 0 aliphatic carbocycles. The van der Waals surface area contributed by atoms with Gasteiger partial charge in [-0.2, -0.15) is 0 Å². The first-order valence-electron chi connectivity index (χ1n) is 30.7. The van der Waals surface area contributed by atoms with Gasteiger partial charge in [0.05, 0.1) is 39.9 Å². The number of carbonyl (C=O) groups is 1. The van der Waals surface area contributed by atoms with Gasteiger partial charge in [-0.05, 0) is 83.5 Å². The van der Waals surface area contributed by atoms with Crippen LogP contribution in [-0.4, -0.2) is 68.5 Å². The Morgan fingerprint density at radius 3 is 1.24 bits per heavy atom. The van der Waals surface area contributed by atoms with E-state index in [0.29, 0.717) is 17.4 Å². The molecule has 3 unspecified atom stereocenters. The zero-order chi connectivity index (χ0) is 54.9. The third-order valence-corrected chi connectivity index (χ3v) is 14.2. The van der Waals surface area contributed by atoms with Gasteiger partial charge in [0.2, 0.25) is 5.91 Å². The smallest absolute Gasteiger partial charge is 0.268 e. The Morgan fingerprint density at radius 1 is 0.480 bits per heavy atom. The van der Waals surface area contributed by atoms with Crippen molar-refractivity contribution in [2.75, 3.05) is 40.9 Å². The fourth-order valence-corrected chi connectivity index (χ4v) is 9.18. The maximum Gasteiger partial charge on any atom is 0.268 e. The number of amides is 1.